The second kappa shape index (κ2) is 8.19. The van der Waals surface area contributed by atoms with E-state index < -0.39 is 17.7 Å². The Morgan fingerprint density at radius 3 is 1.66 bits per heavy atom. The third-order valence-corrected chi connectivity index (χ3v) is 5.76. The van der Waals surface area contributed by atoms with Crippen molar-refractivity contribution >= 4 is 5.97 Å². The molecule has 1 fully saturated rings. The molecule has 0 aromatic heterocycles. The van der Waals surface area contributed by atoms with Gasteiger partial charge in [0.2, 0.25) is 0 Å². The van der Waals surface area contributed by atoms with E-state index in [9.17, 15) is 9.90 Å². The van der Waals surface area contributed by atoms with Crippen LogP contribution < -0.4 is 0 Å². The number of likely N-dealkylation sites (tertiary alicyclic amines) is 1. The molecule has 29 heavy (non-hydrogen) atoms. The van der Waals surface area contributed by atoms with Crippen LogP contribution in [0.1, 0.15) is 23.1 Å². The van der Waals surface area contributed by atoms with Gasteiger partial charge in [0.25, 0.3) is 0 Å². The fourth-order valence-electron chi connectivity index (χ4n) is 4.58. The summed E-state index contributed by atoms with van der Waals surface area (Å²) in [5, 5.41) is 10.6. The second-order valence-electron chi connectivity index (χ2n) is 7.39. The maximum atomic E-state index is 12.7. The van der Waals surface area contributed by atoms with Crippen LogP contribution in [0, 0.1) is 0 Å². The number of aliphatic hydroxyl groups is 1. The first-order valence-corrected chi connectivity index (χ1v) is 9.87. The van der Waals surface area contributed by atoms with Crippen LogP contribution in [0.5, 0.6) is 0 Å². The highest BCUT2D eigenvalue weighted by atomic mass is 16.5. The van der Waals surface area contributed by atoms with E-state index in [0.717, 1.165) is 16.7 Å². The molecule has 148 valence electrons. The van der Waals surface area contributed by atoms with Gasteiger partial charge in [0.15, 0.2) is 0 Å². The van der Waals surface area contributed by atoms with Crippen LogP contribution >= 0.6 is 0 Å². The number of hydrogen-bond donors (Lipinski definition) is 1. The Balaban J connectivity index is 2.04. The van der Waals surface area contributed by atoms with Gasteiger partial charge in [0.1, 0.15) is 6.04 Å². The van der Waals surface area contributed by atoms with E-state index in [1.807, 2.05) is 54.6 Å². The Bertz CT molecular complexity index is 847. The first kappa shape index (κ1) is 19.4. The summed E-state index contributed by atoms with van der Waals surface area (Å²) in [6.07, 6.45) is -0.254. The molecule has 1 aliphatic heterocycles. The molecule has 0 amide bonds. The Morgan fingerprint density at radius 2 is 1.28 bits per heavy atom. The molecule has 4 nitrogen and oxygen atoms in total. The molecule has 0 spiro atoms. The molecule has 2 atom stereocenters. The summed E-state index contributed by atoms with van der Waals surface area (Å²) in [6, 6.07) is 30.0. The first-order valence-electron chi connectivity index (χ1n) is 9.87. The van der Waals surface area contributed by atoms with Crippen molar-refractivity contribution in [2.75, 3.05) is 13.7 Å². The van der Waals surface area contributed by atoms with Gasteiger partial charge in [-0.3, -0.25) is 9.69 Å². The molecule has 4 rings (SSSR count). The number of esters is 1. The van der Waals surface area contributed by atoms with Gasteiger partial charge in [0, 0.05) is 13.0 Å². The highest BCUT2D eigenvalue weighted by Gasteiger charge is 2.51. The largest absolute Gasteiger partial charge is 0.468 e. The molecule has 0 aliphatic carbocycles. The molecule has 1 heterocycles. The summed E-state index contributed by atoms with van der Waals surface area (Å²) < 4.78 is 5.12. The highest BCUT2D eigenvalue weighted by Crippen LogP contribution is 2.46. The van der Waals surface area contributed by atoms with Crippen molar-refractivity contribution in [1.29, 1.82) is 0 Å². The molecule has 0 saturated carbocycles. The van der Waals surface area contributed by atoms with Gasteiger partial charge >= 0.3 is 5.97 Å². The molecular formula is C25H25NO3. The molecule has 3 aromatic carbocycles. The zero-order chi connectivity index (χ0) is 20.3. The van der Waals surface area contributed by atoms with Gasteiger partial charge in [0.05, 0.1) is 18.8 Å². The minimum Gasteiger partial charge on any atom is -0.468 e. The van der Waals surface area contributed by atoms with E-state index in [2.05, 4.69) is 41.3 Å². The fraction of sp³-hybridized carbons (Fsp3) is 0.240. The van der Waals surface area contributed by atoms with Crippen molar-refractivity contribution in [2.24, 2.45) is 0 Å². The van der Waals surface area contributed by atoms with E-state index in [1.54, 1.807) is 0 Å². The number of ether oxygens (including phenoxy) is 1. The van der Waals surface area contributed by atoms with Gasteiger partial charge in [-0.05, 0) is 16.7 Å². The van der Waals surface area contributed by atoms with E-state index in [0.29, 0.717) is 13.0 Å². The number of rotatable bonds is 5. The van der Waals surface area contributed by atoms with Crippen LogP contribution in [0.4, 0.5) is 0 Å². The van der Waals surface area contributed by atoms with Gasteiger partial charge in [-0.15, -0.1) is 0 Å². The number of carbonyl (C=O) groups excluding carboxylic acids is 1. The summed E-state index contributed by atoms with van der Waals surface area (Å²) in [7, 11) is 1.40. The maximum absolute atomic E-state index is 12.7. The molecule has 0 bridgehead atoms. The number of carbonyl (C=O) groups is 1. The molecule has 1 unspecified atom stereocenters. The molecular weight excluding hydrogens is 362 g/mol. The fourth-order valence-corrected chi connectivity index (χ4v) is 4.58. The molecule has 1 aliphatic rings. The van der Waals surface area contributed by atoms with E-state index in [1.165, 1.54) is 7.11 Å². The van der Waals surface area contributed by atoms with E-state index in [4.69, 9.17) is 4.74 Å². The lowest BCUT2D eigenvalue weighted by Crippen LogP contribution is -2.53. The van der Waals surface area contributed by atoms with Crippen LogP contribution in [0.25, 0.3) is 0 Å². The average Bonchev–Trinajstić information content (AvgIpc) is 3.18. The topological polar surface area (TPSA) is 49.8 Å². The van der Waals surface area contributed by atoms with Crippen LogP contribution in [0.2, 0.25) is 0 Å². The zero-order valence-electron chi connectivity index (χ0n) is 16.4. The minimum absolute atomic E-state index is 0.325. The lowest BCUT2D eigenvalue weighted by molar-refractivity contribution is -0.147. The standard InChI is InChI=1S/C25H25NO3/c1-29-24(28)23-17-22(27)18-26(23)25(19-11-5-2-6-12-19,20-13-7-3-8-14-20)21-15-9-4-10-16-21/h2-16,22-23,27H,17-18H2,1H3/t22?,23-/m0/s1. The molecule has 4 heteroatoms. The Morgan fingerprint density at radius 1 is 0.862 bits per heavy atom. The first-order chi connectivity index (χ1) is 14.2. The van der Waals surface area contributed by atoms with Crippen molar-refractivity contribution in [2.45, 2.75) is 24.1 Å². The average molecular weight is 387 g/mol. The second-order valence-corrected chi connectivity index (χ2v) is 7.39. The van der Waals surface area contributed by atoms with Crippen molar-refractivity contribution < 1.29 is 14.6 Å². The summed E-state index contributed by atoms with van der Waals surface area (Å²) >= 11 is 0. The third-order valence-electron chi connectivity index (χ3n) is 5.76. The monoisotopic (exact) mass is 387 g/mol. The minimum atomic E-state index is -0.736. The molecule has 0 radical (unpaired) electrons. The quantitative estimate of drug-likeness (QED) is 0.537. The predicted octanol–water partition coefficient (Wildman–Crippen LogP) is 3.59. The summed E-state index contributed by atoms with van der Waals surface area (Å²) in [6.45, 7) is 0.373. The number of hydrogen-bond acceptors (Lipinski definition) is 4. The van der Waals surface area contributed by atoms with Gasteiger partial charge in [-0.2, -0.15) is 0 Å². The SMILES string of the molecule is COC(=O)[C@@H]1CC(O)CN1C(c1ccccc1)(c1ccccc1)c1ccccc1. The van der Waals surface area contributed by atoms with E-state index >= 15 is 0 Å². The number of methoxy groups -OCH3 is 1. The molecule has 1 N–H and O–H groups in total. The third kappa shape index (κ3) is 3.35. The van der Waals surface area contributed by atoms with Crippen LogP contribution in [-0.4, -0.2) is 41.8 Å². The van der Waals surface area contributed by atoms with Crippen molar-refractivity contribution in [3.8, 4) is 0 Å². The molecule has 3 aromatic rings. The van der Waals surface area contributed by atoms with Gasteiger partial charge in [-0.1, -0.05) is 91.0 Å². The summed E-state index contributed by atoms with van der Waals surface area (Å²) in [5.41, 5.74) is 2.39. The number of nitrogens with zero attached hydrogens (tertiary/aromatic N) is 1. The molecule has 1 saturated heterocycles. The highest BCUT2D eigenvalue weighted by molar-refractivity contribution is 5.77. The number of aliphatic hydroxyl groups excluding tert-OH is 1. The Hall–Kier alpha value is -2.95. The number of β-amino-alcohol motifs (C(OH)–C–C–N with tert-alkyl or cyclic N) is 1. The van der Waals surface area contributed by atoms with E-state index in [-0.39, 0.29) is 5.97 Å². The summed E-state index contributed by atoms with van der Waals surface area (Å²) in [4.78, 5) is 14.8. The van der Waals surface area contributed by atoms with Crippen molar-refractivity contribution in [3.63, 3.8) is 0 Å². The van der Waals surface area contributed by atoms with Crippen LogP contribution in [0.15, 0.2) is 91.0 Å². The Labute approximate surface area is 171 Å². The van der Waals surface area contributed by atoms with Gasteiger partial charge in [-0.25, -0.2) is 0 Å². The zero-order valence-corrected chi connectivity index (χ0v) is 16.4. The number of benzene rings is 3. The predicted molar refractivity (Wildman–Crippen MR) is 112 cm³/mol. The van der Waals surface area contributed by atoms with Crippen LogP contribution in [-0.2, 0) is 15.1 Å². The smallest absolute Gasteiger partial charge is 0.323 e. The van der Waals surface area contributed by atoms with Crippen LogP contribution in [0.3, 0.4) is 0 Å². The normalized spacial score (nSPS) is 19.8. The lowest BCUT2D eigenvalue weighted by atomic mass is 9.75. The van der Waals surface area contributed by atoms with Crippen molar-refractivity contribution in [1.82, 2.24) is 4.90 Å². The van der Waals surface area contributed by atoms with Crippen molar-refractivity contribution in [3.05, 3.63) is 108 Å². The lowest BCUT2D eigenvalue weighted by Gasteiger charge is -2.45. The maximum Gasteiger partial charge on any atom is 0.323 e. The summed E-state index contributed by atoms with van der Waals surface area (Å²) in [5.74, 6) is -0.325. The van der Waals surface area contributed by atoms with Gasteiger partial charge < -0.3 is 9.84 Å². The Kier molecular flexibility index (Phi) is 5.47.